The molecular formula is C11H11N5OS2. The molecule has 0 atom stereocenters. The van der Waals surface area contributed by atoms with Crippen LogP contribution in [0.2, 0.25) is 0 Å². The third-order valence-corrected chi connectivity index (χ3v) is 4.25. The number of rotatable bonds is 5. The number of thiophene rings is 1. The Bertz CT molecular complexity index is 646. The molecule has 0 aliphatic carbocycles. The van der Waals surface area contributed by atoms with E-state index in [9.17, 15) is 0 Å². The van der Waals surface area contributed by atoms with Crippen LogP contribution in [0, 0.1) is 6.92 Å². The first kappa shape index (κ1) is 12.4. The summed E-state index contributed by atoms with van der Waals surface area (Å²) in [5.41, 5.74) is 0.883. The smallest absolute Gasteiger partial charge is 0.210 e. The van der Waals surface area contributed by atoms with E-state index in [1.54, 1.807) is 16.0 Å². The van der Waals surface area contributed by atoms with Crippen molar-refractivity contribution >= 4 is 23.1 Å². The van der Waals surface area contributed by atoms with Gasteiger partial charge in [-0.25, -0.2) is 4.68 Å². The van der Waals surface area contributed by atoms with Crippen molar-refractivity contribution in [1.82, 2.24) is 25.4 Å². The van der Waals surface area contributed by atoms with Gasteiger partial charge in [-0.05, 0) is 28.8 Å². The number of nitrogens with zero attached hydrogens (tertiary/aromatic N) is 5. The lowest BCUT2D eigenvalue weighted by Crippen LogP contribution is -2.02. The second-order valence-electron chi connectivity index (χ2n) is 3.92. The van der Waals surface area contributed by atoms with Crippen molar-refractivity contribution in [3.05, 3.63) is 39.9 Å². The molecule has 0 fully saturated rings. The predicted molar refractivity (Wildman–Crippen MR) is 72.0 cm³/mol. The van der Waals surface area contributed by atoms with Crippen molar-refractivity contribution < 1.29 is 4.52 Å². The van der Waals surface area contributed by atoms with Crippen LogP contribution in [0.25, 0.3) is 0 Å². The maximum Gasteiger partial charge on any atom is 0.210 e. The quantitative estimate of drug-likeness (QED) is 0.673. The Morgan fingerprint density at radius 1 is 1.47 bits per heavy atom. The molecule has 0 aromatic carbocycles. The van der Waals surface area contributed by atoms with Gasteiger partial charge in [-0.3, -0.25) is 0 Å². The molecule has 3 aromatic heterocycles. The van der Waals surface area contributed by atoms with Gasteiger partial charge in [0.25, 0.3) is 0 Å². The van der Waals surface area contributed by atoms with Crippen LogP contribution in [0.5, 0.6) is 0 Å². The average Bonchev–Trinajstić information content (AvgIpc) is 3.10. The van der Waals surface area contributed by atoms with E-state index in [-0.39, 0.29) is 0 Å². The van der Waals surface area contributed by atoms with Crippen LogP contribution in [-0.2, 0) is 12.3 Å². The minimum Gasteiger partial charge on any atom is -0.360 e. The first-order valence-corrected chi connectivity index (χ1v) is 7.51. The van der Waals surface area contributed by atoms with Crippen molar-refractivity contribution in [2.24, 2.45) is 0 Å². The molecule has 3 rings (SSSR count). The number of aryl methyl sites for hydroxylation is 1. The molecule has 0 saturated carbocycles. The molecule has 0 saturated heterocycles. The van der Waals surface area contributed by atoms with E-state index in [1.807, 2.05) is 24.4 Å². The van der Waals surface area contributed by atoms with Crippen LogP contribution in [-0.4, -0.2) is 25.4 Å². The molecule has 0 aliphatic rings. The Morgan fingerprint density at radius 3 is 3.16 bits per heavy atom. The largest absolute Gasteiger partial charge is 0.360 e. The zero-order valence-electron chi connectivity index (χ0n) is 10.2. The second kappa shape index (κ2) is 5.54. The molecule has 0 unspecified atom stereocenters. The molecule has 8 heteroatoms. The van der Waals surface area contributed by atoms with Gasteiger partial charge in [-0.1, -0.05) is 23.0 Å². The summed E-state index contributed by atoms with van der Waals surface area (Å²) in [6, 6.07) is 6.01. The van der Waals surface area contributed by atoms with E-state index < -0.39 is 0 Å². The van der Waals surface area contributed by atoms with E-state index in [0.29, 0.717) is 12.3 Å². The summed E-state index contributed by atoms with van der Waals surface area (Å²) in [4.78, 5) is 1.23. The molecule has 3 heterocycles. The van der Waals surface area contributed by atoms with Crippen LogP contribution in [0.3, 0.4) is 0 Å². The summed E-state index contributed by atoms with van der Waals surface area (Å²) in [6.45, 7) is 2.60. The lowest BCUT2D eigenvalue weighted by molar-refractivity contribution is 0.391. The van der Waals surface area contributed by atoms with Gasteiger partial charge in [-0.15, -0.1) is 16.4 Å². The first-order valence-electron chi connectivity index (χ1n) is 5.65. The maximum absolute atomic E-state index is 5.16. The Hall–Kier alpha value is -1.67. The molecule has 0 N–H and O–H groups in total. The van der Waals surface area contributed by atoms with Crippen molar-refractivity contribution in [3.8, 4) is 0 Å². The van der Waals surface area contributed by atoms with Crippen molar-refractivity contribution in [3.63, 3.8) is 0 Å². The van der Waals surface area contributed by atoms with Gasteiger partial charge in [0, 0.05) is 10.9 Å². The number of tetrazole rings is 1. The third kappa shape index (κ3) is 3.02. The summed E-state index contributed by atoms with van der Waals surface area (Å²) in [5.74, 6) is 1.50. The summed E-state index contributed by atoms with van der Waals surface area (Å²) < 4.78 is 6.95. The molecule has 0 aliphatic heterocycles. The van der Waals surface area contributed by atoms with Crippen LogP contribution in [0.4, 0.5) is 0 Å². The fraction of sp³-hybridized carbons (Fsp3) is 0.273. The zero-order chi connectivity index (χ0) is 13.1. The summed E-state index contributed by atoms with van der Waals surface area (Å²) >= 11 is 3.23. The monoisotopic (exact) mass is 293 g/mol. The minimum atomic E-state index is 0.672. The Morgan fingerprint density at radius 2 is 2.42 bits per heavy atom. The summed E-state index contributed by atoms with van der Waals surface area (Å²) in [5, 5.41) is 18.4. The predicted octanol–water partition coefficient (Wildman–Crippen LogP) is 2.37. The normalized spacial score (nSPS) is 11.0. The molecule has 98 valence electrons. The Labute approximate surface area is 117 Å². The van der Waals surface area contributed by atoms with E-state index >= 15 is 0 Å². The average molecular weight is 293 g/mol. The van der Waals surface area contributed by atoms with Gasteiger partial charge in [0.05, 0.1) is 18.0 Å². The molecular weight excluding hydrogens is 282 g/mol. The van der Waals surface area contributed by atoms with E-state index in [0.717, 1.165) is 16.6 Å². The van der Waals surface area contributed by atoms with Gasteiger partial charge < -0.3 is 4.52 Å². The standard InChI is InChI=1S/C11H11N5OS2/c1-8-5-9(17-13-8)7-19-11-12-14-15-16(11)6-10-3-2-4-18-10/h2-5H,6-7H2,1H3. The van der Waals surface area contributed by atoms with Crippen LogP contribution >= 0.6 is 23.1 Å². The highest BCUT2D eigenvalue weighted by atomic mass is 32.2. The molecule has 6 nitrogen and oxygen atoms in total. The van der Waals surface area contributed by atoms with Crippen LogP contribution < -0.4 is 0 Å². The third-order valence-electron chi connectivity index (χ3n) is 2.41. The fourth-order valence-corrected chi connectivity index (χ4v) is 3.01. The second-order valence-corrected chi connectivity index (χ2v) is 5.90. The van der Waals surface area contributed by atoms with E-state index in [1.165, 1.54) is 16.6 Å². The van der Waals surface area contributed by atoms with Gasteiger partial charge in [0.1, 0.15) is 5.76 Å². The lowest BCUT2D eigenvalue weighted by atomic mass is 10.4. The summed E-state index contributed by atoms with van der Waals surface area (Å²) in [6.07, 6.45) is 0. The highest BCUT2D eigenvalue weighted by Crippen LogP contribution is 2.21. The molecule has 0 spiro atoms. The number of thioether (sulfide) groups is 1. The lowest BCUT2D eigenvalue weighted by Gasteiger charge is -2.01. The molecule has 19 heavy (non-hydrogen) atoms. The molecule has 3 aromatic rings. The van der Waals surface area contributed by atoms with Gasteiger partial charge in [-0.2, -0.15) is 0 Å². The fourth-order valence-electron chi connectivity index (χ4n) is 1.57. The molecule has 0 bridgehead atoms. The minimum absolute atomic E-state index is 0.672. The molecule has 0 amide bonds. The summed E-state index contributed by atoms with van der Waals surface area (Å²) in [7, 11) is 0. The van der Waals surface area contributed by atoms with E-state index in [2.05, 4.69) is 26.7 Å². The highest BCUT2D eigenvalue weighted by Gasteiger charge is 2.10. The molecule has 0 radical (unpaired) electrons. The van der Waals surface area contributed by atoms with Crippen molar-refractivity contribution in [2.45, 2.75) is 24.4 Å². The zero-order valence-corrected chi connectivity index (χ0v) is 11.8. The van der Waals surface area contributed by atoms with Crippen LogP contribution in [0.1, 0.15) is 16.3 Å². The van der Waals surface area contributed by atoms with Crippen molar-refractivity contribution in [1.29, 1.82) is 0 Å². The SMILES string of the molecule is Cc1cc(CSc2nnnn2Cc2cccs2)on1. The first-order chi connectivity index (χ1) is 9.31. The van der Waals surface area contributed by atoms with Crippen molar-refractivity contribution in [2.75, 3.05) is 0 Å². The topological polar surface area (TPSA) is 69.6 Å². The Kier molecular flexibility index (Phi) is 3.60. The number of aromatic nitrogens is 5. The highest BCUT2D eigenvalue weighted by molar-refractivity contribution is 7.98. The van der Waals surface area contributed by atoms with Gasteiger partial charge >= 0.3 is 0 Å². The number of hydrogen-bond donors (Lipinski definition) is 0. The van der Waals surface area contributed by atoms with Gasteiger partial charge in [0.15, 0.2) is 0 Å². The Balaban J connectivity index is 1.66. The number of hydrogen-bond acceptors (Lipinski definition) is 7. The maximum atomic E-state index is 5.16. The van der Waals surface area contributed by atoms with E-state index in [4.69, 9.17) is 4.52 Å². The van der Waals surface area contributed by atoms with Gasteiger partial charge in [0.2, 0.25) is 5.16 Å². The van der Waals surface area contributed by atoms with Crippen LogP contribution in [0.15, 0.2) is 33.3 Å².